The van der Waals surface area contributed by atoms with Gasteiger partial charge in [0.05, 0.1) is 56.7 Å². The molecule has 6 atom stereocenters. The van der Waals surface area contributed by atoms with Crippen LogP contribution in [0.3, 0.4) is 0 Å². The van der Waals surface area contributed by atoms with Crippen LogP contribution < -0.4 is 19.9 Å². The van der Waals surface area contributed by atoms with Gasteiger partial charge in [0.15, 0.2) is 0 Å². The third kappa shape index (κ3) is 8.46. The van der Waals surface area contributed by atoms with E-state index in [-0.39, 0.29) is 56.5 Å². The Hall–Kier alpha value is -7.06. The van der Waals surface area contributed by atoms with Crippen LogP contribution >= 0.6 is 0 Å². The number of nitrogens with one attached hydrogen (secondary N) is 1. The van der Waals surface area contributed by atoms with E-state index in [1.807, 2.05) is 77.7 Å². The maximum Gasteiger partial charge on any atom is 0.421 e. The van der Waals surface area contributed by atoms with Gasteiger partial charge in [0, 0.05) is 49.1 Å². The normalized spacial score (nSPS) is 23.0. The van der Waals surface area contributed by atoms with Crippen LogP contribution in [0, 0.1) is 17.8 Å². The van der Waals surface area contributed by atoms with E-state index in [9.17, 15) is 15.0 Å². The van der Waals surface area contributed by atoms with Crippen molar-refractivity contribution in [1.29, 1.82) is 0 Å². The third-order valence-corrected chi connectivity index (χ3v) is 13.0. The van der Waals surface area contributed by atoms with Crippen molar-refractivity contribution >= 4 is 40.9 Å². The van der Waals surface area contributed by atoms with Crippen LogP contribution in [0.25, 0.3) is 0 Å². The second kappa shape index (κ2) is 20.4. The van der Waals surface area contributed by atoms with Crippen molar-refractivity contribution in [2.75, 3.05) is 81.6 Å². The van der Waals surface area contributed by atoms with Crippen molar-refractivity contribution in [2.45, 2.75) is 36.1 Å². The third-order valence-electron chi connectivity index (χ3n) is 13.0. The number of para-hydroxylation sites is 1. The zero-order valence-corrected chi connectivity index (χ0v) is 37.5. The molecule has 4 aliphatic rings. The van der Waals surface area contributed by atoms with Gasteiger partial charge in [0.25, 0.3) is 0 Å². The second-order valence-corrected chi connectivity index (χ2v) is 16.8. The van der Waals surface area contributed by atoms with Crippen molar-refractivity contribution in [3.63, 3.8) is 0 Å². The van der Waals surface area contributed by atoms with Gasteiger partial charge >= 0.3 is 12.1 Å². The summed E-state index contributed by atoms with van der Waals surface area (Å²) in [5.74, 6) is 2.44. The van der Waals surface area contributed by atoms with Gasteiger partial charge in [-0.05, 0) is 65.2 Å². The lowest BCUT2D eigenvalue weighted by Gasteiger charge is -2.46. The van der Waals surface area contributed by atoms with Gasteiger partial charge in [-0.25, -0.2) is 9.69 Å². The molecule has 68 heavy (non-hydrogen) atoms. The first kappa shape index (κ1) is 46.1. The van der Waals surface area contributed by atoms with E-state index >= 15 is 14.4 Å². The van der Waals surface area contributed by atoms with Crippen LogP contribution in [0.15, 0.2) is 127 Å². The van der Waals surface area contributed by atoms with Crippen molar-refractivity contribution in [3.8, 4) is 17.6 Å². The largest absolute Gasteiger partial charge is 0.491 e. The van der Waals surface area contributed by atoms with Crippen LogP contribution in [0.4, 0.5) is 21.9 Å². The highest BCUT2D eigenvalue weighted by atomic mass is 16.6. The molecule has 3 saturated heterocycles. The monoisotopic (exact) mass is 920 g/mol. The van der Waals surface area contributed by atoms with Gasteiger partial charge in [-0.1, -0.05) is 90.7 Å². The Bertz CT molecular complexity index is 2690. The number of amides is 3. The summed E-state index contributed by atoms with van der Waals surface area (Å²) in [5.41, 5.74) is 1.79. The van der Waals surface area contributed by atoms with Crippen LogP contribution in [-0.4, -0.2) is 111 Å². The molecular formula is C53H52N4O11. The summed E-state index contributed by atoms with van der Waals surface area (Å²) in [6, 6.07) is 34.4. The number of carbonyl (C=O) groups excluding carboxylic acids is 4. The van der Waals surface area contributed by atoms with E-state index in [0.29, 0.717) is 48.7 Å². The highest BCUT2D eigenvalue weighted by Gasteiger charge is 2.76. The quantitative estimate of drug-likeness (QED) is 0.0744. The maximum absolute atomic E-state index is 16.4. The Kier molecular flexibility index (Phi) is 13.8. The lowest BCUT2D eigenvalue weighted by atomic mass is 9.65. The lowest BCUT2D eigenvalue weighted by molar-refractivity contribution is -0.177. The number of hydrogen-bond donors (Lipinski definition) is 3. The molecule has 9 rings (SSSR count). The predicted molar refractivity (Wildman–Crippen MR) is 251 cm³/mol. The van der Waals surface area contributed by atoms with E-state index in [2.05, 4.69) is 22.1 Å². The summed E-state index contributed by atoms with van der Waals surface area (Å²) in [6.07, 6.45) is -1.81. The molecule has 350 valence electrons. The molecule has 15 nitrogen and oxygen atoms in total. The Morgan fingerprint density at radius 3 is 2.22 bits per heavy atom. The number of cyclic esters (lactones) is 1. The summed E-state index contributed by atoms with van der Waals surface area (Å²) >= 11 is 0. The van der Waals surface area contributed by atoms with Gasteiger partial charge in [0.2, 0.25) is 11.8 Å². The number of esters is 1. The van der Waals surface area contributed by atoms with Crippen molar-refractivity contribution in [2.24, 2.45) is 5.92 Å². The van der Waals surface area contributed by atoms with Gasteiger partial charge < -0.3 is 44.1 Å². The van der Waals surface area contributed by atoms with Crippen molar-refractivity contribution in [1.82, 2.24) is 4.90 Å². The summed E-state index contributed by atoms with van der Waals surface area (Å²) in [6.45, 7) is 1.79. The van der Waals surface area contributed by atoms with Crippen LogP contribution in [-0.2, 0) is 38.7 Å². The van der Waals surface area contributed by atoms with Crippen LogP contribution in [0.5, 0.6) is 5.75 Å². The molecule has 3 fully saturated rings. The number of methoxy groups -OCH3 is 1. The first-order valence-electron chi connectivity index (χ1n) is 22.7. The second-order valence-electron chi connectivity index (χ2n) is 16.8. The van der Waals surface area contributed by atoms with Gasteiger partial charge in [-0.3, -0.25) is 19.3 Å². The van der Waals surface area contributed by atoms with E-state index in [4.69, 9.17) is 23.7 Å². The predicted octanol–water partition coefficient (Wildman–Crippen LogP) is 5.72. The number of aliphatic hydroxyl groups excluding tert-OH is 2. The fraction of sp³-hybridized carbons (Fsp3) is 0.321. The van der Waals surface area contributed by atoms with Crippen LogP contribution in [0.2, 0.25) is 0 Å². The molecule has 5 aromatic rings. The van der Waals surface area contributed by atoms with E-state index in [0.717, 1.165) is 16.2 Å². The Morgan fingerprint density at radius 2 is 1.51 bits per heavy atom. The first-order chi connectivity index (χ1) is 33.3. The van der Waals surface area contributed by atoms with Gasteiger partial charge in [0.1, 0.15) is 36.5 Å². The van der Waals surface area contributed by atoms with Crippen LogP contribution in [0.1, 0.15) is 52.4 Å². The van der Waals surface area contributed by atoms with Crippen molar-refractivity contribution in [3.05, 3.63) is 155 Å². The topological polar surface area (TPSA) is 177 Å². The minimum absolute atomic E-state index is 0.0417. The molecule has 3 amide bonds. The fourth-order valence-electron chi connectivity index (χ4n) is 10.2. The molecule has 0 aliphatic carbocycles. The first-order valence-corrected chi connectivity index (χ1v) is 22.7. The SMILES string of the molecule is COCCOC(=O)N1C(=O)C2(c3cc(C#CCCO)ccc31)C(C(=O)Nc1ccc(N3CCOCC3)cc1)C1C(=O)OC(c3ccccc3)C(c3ccccc3)N1C2c1ccccc1OCCO. The van der Waals surface area contributed by atoms with Gasteiger partial charge in [-0.2, -0.15) is 0 Å². The zero-order valence-electron chi connectivity index (χ0n) is 37.5. The lowest BCUT2D eigenvalue weighted by Crippen LogP contribution is -2.54. The average molecular weight is 921 g/mol. The smallest absolute Gasteiger partial charge is 0.421 e. The number of benzene rings is 5. The molecule has 3 N–H and O–H groups in total. The van der Waals surface area contributed by atoms with E-state index < -0.39 is 59.4 Å². The number of anilines is 3. The number of aliphatic hydroxyl groups is 2. The minimum Gasteiger partial charge on any atom is -0.491 e. The number of rotatable bonds is 13. The average Bonchev–Trinajstić information content (AvgIpc) is 3.83. The summed E-state index contributed by atoms with van der Waals surface area (Å²) in [4.78, 5) is 67.4. The molecule has 4 aliphatic heterocycles. The molecule has 6 unspecified atom stereocenters. The highest BCUT2D eigenvalue weighted by Crippen LogP contribution is 2.66. The molecule has 0 radical (unpaired) electrons. The van der Waals surface area contributed by atoms with Crippen molar-refractivity contribution < 1.29 is 53.1 Å². The number of ether oxygens (including phenoxy) is 5. The molecule has 4 heterocycles. The molecule has 0 aromatic heterocycles. The summed E-state index contributed by atoms with van der Waals surface area (Å²) in [5, 5.41) is 22.8. The number of fused-ring (bicyclic) bond motifs is 3. The molecule has 5 aromatic carbocycles. The minimum atomic E-state index is -2.12. The molecule has 0 saturated carbocycles. The molecular weight excluding hydrogens is 869 g/mol. The standard InChI is InChI=1S/C53H52N4O11/c1-64-32-33-67-52(63)56-42-24-19-35(12-10-11-27-58)34-41(42)53(51(56)62)44(49(60)54-38-20-22-39(23-21-38)55-25-29-65-30-26-55)46-50(61)68-47(37-15-6-3-7-16-37)45(36-13-4-2-5-14-36)57(46)48(53)40-17-8-9-18-43(40)66-31-28-59/h2-9,13-24,34,44-48,58-59H,11,25-33H2,1H3,(H,54,60). The number of nitrogens with zero attached hydrogens (tertiary/aromatic N) is 3. The Labute approximate surface area is 394 Å². The molecule has 0 bridgehead atoms. The summed E-state index contributed by atoms with van der Waals surface area (Å²) < 4.78 is 29.3. The number of hydrogen-bond acceptors (Lipinski definition) is 13. The maximum atomic E-state index is 16.4. The molecule has 15 heteroatoms. The Morgan fingerprint density at radius 1 is 0.809 bits per heavy atom. The fourth-order valence-corrected chi connectivity index (χ4v) is 10.2. The van der Waals surface area contributed by atoms with Gasteiger partial charge in [-0.15, -0.1) is 0 Å². The zero-order chi connectivity index (χ0) is 47.2. The number of morpholine rings is 2. The summed E-state index contributed by atoms with van der Waals surface area (Å²) in [7, 11) is 1.46. The van der Waals surface area contributed by atoms with E-state index in [1.54, 1.807) is 54.6 Å². The van der Waals surface area contributed by atoms with E-state index in [1.165, 1.54) is 7.11 Å². The number of imide groups is 1. The number of carbonyl (C=O) groups is 4. The molecule has 1 spiro atoms. The Balaban J connectivity index is 1.33. The highest BCUT2D eigenvalue weighted by molar-refractivity contribution is 6.24.